The SMILES string of the molecule is NCCCC(=O)N1CCc2sccc2C1C(=O)O. The van der Waals surface area contributed by atoms with E-state index in [1.54, 1.807) is 17.4 Å². The molecule has 1 amide bonds. The Hall–Kier alpha value is -1.40. The van der Waals surface area contributed by atoms with Crippen LogP contribution in [-0.2, 0) is 16.0 Å². The van der Waals surface area contributed by atoms with E-state index in [0.29, 0.717) is 25.9 Å². The summed E-state index contributed by atoms with van der Waals surface area (Å²) in [6.45, 7) is 0.925. The number of hydrogen-bond donors (Lipinski definition) is 2. The maximum Gasteiger partial charge on any atom is 0.331 e. The molecule has 1 unspecified atom stereocenters. The van der Waals surface area contributed by atoms with Crippen LogP contribution in [0.5, 0.6) is 0 Å². The van der Waals surface area contributed by atoms with Gasteiger partial charge in [-0.2, -0.15) is 0 Å². The summed E-state index contributed by atoms with van der Waals surface area (Å²) in [5.74, 6) is -1.08. The Morgan fingerprint density at radius 2 is 2.33 bits per heavy atom. The van der Waals surface area contributed by atoms with Crippen LogP contribution in [0.1, 0.15) is 29.3 Å². The van der Waals surface area contributed by atoms with Gasteiger partial charge in [-0.05, 0) is 36.4 Å². The number of carboxylic acid groups (broad SMARTS) is 1. The number of amides is 1. The molecule has 0 bridgehead atoms. The van der Waals surface area contributed by atoms with E-state index in [1.807, 2.05) is 5.38 Å². The average Bonchev–Trinajstić information content (AvgIpc) is 2.82. The Balaban J connectivity index is 2.21. The van der Waals surface area contributed by atoms with Crippen LogP contribution < -0.4 is 5.73 Å². The van der Waals surface area contributed by atoms with Gasteiger partial charge in [0.25, 0.3) is 0 Å². The number of carbonyl (C=O) groups is 2. The topological polar surface area (TPSA) is 83.6 Å². The van der Waals surface area contributed by atoms with Crippen LogP contribution in [0.4, 0.5) is 0 Å². The van der Waals surface area contributed by atoms with Gasteiger partial charge in [-0.25, -0.2) is 4.79 Å². The van der Waals surface area contributed by atoms with Crippen molar-refractivity contribution in [3.05, 3.63) is 21.9 Å². The molecule has 1 aliphatic rings. The van der Waals surface area contributed by atoms with E-state index in [-0.39, 0.29) is 5.91 Å². The van der Waals surface area contributed by atoms with Crippen molar-refractivity contribution in [1.82, 2.24) is 4.90 Å². The van der Waals surface area contributed by atoms with Crippen LogP contribution in [0.15, 0.2) is 11.4 Å². The van der Waals surface area contributed by atoms with Crippen molar-refractivity contribution in [3.63, 3.8) is 0 Å². The van der Waals surface area contributed by atoms with Crippen LogP contribution >= 0.6 is 11.3 Å². The molecule has 0 fully saturated rings. The number of carbonyl (C=O) groups excluding carboxylic acids is 1. The van der Waals surface area contributed by atoms with Crippen molar-refractivity contribution >= 4 is 23.2 Å². The number of rotatable bonds is 4. The van der Waals surface area contributed by atoms with Gasteiger partial charge in [0, 0.05) is 17.8 Å². The van der Waals surface area contributed by atoms with Crippen LogP contribution in [-0.4, -0.2) is 35.0 Å². The summed E-state index contributed by atoms with van der Waals surface area (Å²) >= 11 is 1.56. The van der Waals surface area contributed by atoms with Crippen molar-refractivity contribution < 1.29 is 14.7 Å². The van der Waals surface area contributed by atoms with E-state index in [9.17, 15) is 14.7 Å². The van der Waals surface area contributed by atoms with Gasteiger partial charge >= 0.3 is 5.97 Å². The van der Waals surface area contributed by atoms with Gasteiger partial charge in [-0.15, -0.1) is 11.3 Å². The lowest BCUT2D eigenvalue weighted by molar-refractivity contribution is -0.151. The van der Waals surface area contributed by atoms with Crippen molar-refractivity contribution in [3.8, 4) is 0 Å². The van der Waals surface area contributed by atoms with Crippen LogP contribution in [0.3, 0.4) is 0 Å². The van der Waals surface area contributed by atoms with E-state index in [2.05, 4.69) is 0 Å². The monoisotopic (exact) mass is 268 g/mol. The number of hydrogen-bond acceptors (Lipinski definition) is 4. The summed E-state index contributed by atoms with van der Waals surface area (Å²) < 4.78 is 0. The van der Waals surface area contributed by atoms with E-state index in [0.717, 1.165) is 16.9 Å². The van der Waals surface area contributed by atoms with Gasteiger partial charge in [0.2, 0.25) is 5.91 Å². The van der Waals surface area contributed by atoms with Gasteiger partial charge in [-0.1, -0.05) is 0 Å². The van der Waals surface area contributed by atoms with E-state index >= 15 is 0 Å². The number of aliphatic carboxylic acids is 1. The zero-order valence-corrected chi connectivity index (χ0v) is 10.8. The summed E-state index contributed by atoms with van der Waals surface area (Å²) in [5, 5.41) is 11.2. The largest absolute Gasteiger partial charge is 0.479 e. The average molecular weight is 268 g/mol. The van der Waals surface area contributed by atoms with Crippen molar-refractivity contribution in [2.24, 2.45) is 5.73 Å². The highest BCUT2D eigenvalue weighted by Crippen LogP contribution is 2.33. The highest BCUT2D eigenvalue weighted by molar-refractivity contribution is 7.10. The molecule has 0 aromatic carbocycles. The fourth-order valence-corrected chi connectivity index (χ4v) is 3.15. The minimum absolute atomic E-state index is 0.121. The second-order valence-corrected chi connectivity index (χ2v) is 5.27. The Bertz CT molecular complexity index is 458. The van der Waals surface area contributed by atoms with Gasteiger partial charge in [0.15, 0.2) is 6.04 Å². The predicted octanol–water partition coefficient (Wildman–Crippen LogP) is 0.997. The van der Waals surface area contributed by atoms with Crippen LogP contribution in [0.25, 0.3) is 0 Å². The highest BCUT2D eigenvalue weighted by atomic mass is 32.1. The standard InChI is InChI=1S/C12H16N2O3S/c13-5-1-2-10(15)14-6-3-9-8(4-7-18-9)11(14)12(16)17/h4,7,11H,1-3,5-6,13H2,(H,16,17). The summed E-state index contributed by atoms with van der Waals surface area (Å²) in [6, 6.07) is 0.978. The lowest BCUT2D eigenvalue weighted by atomic mass is 9.99. The van der Waals surface area contributed by atoms with Crippen LogP contribution in [0, 0.1) is 0 Å². The second kappa shape index (κ2) is 5.49. The minimum atomic E-state index is -0.963. The Morgan fingerprint density at radius 1 is 1.56 bits per heavy atom. The second-order valence-electron chi connectivity index (χ2n) is 4.27. The number of carboxylic acids is 1. The number of thiophene rings is 1. The zero-order chi connectivity index (χ0) is 13.1. The molecule has 1 aliphatic heterocycles. The summed E-state index contributed by atoms with van der Waals surface area (Å²) in [7, 11) is 0. The molecule has 0 radical (unpaired) electrons. The number of fused-ring (bicyclic) bond motifs is 1. The fourth-order valence-electron chi connectivity index (χ4n) is 2.25. The molecule has 6 heteroatoms. The summed E-state index contributed by atoms with van der Waals surface area (Å²) in [6.07, 6.45) is 1.66. The molecule has 3 N–H and O–H groups in total. The Morgan fingerprint density at radius 3 is 3.00 bits per heavy atom. The normalized spacial score (nSPS) is 18.5. The molecule has 2 heterocycles. The number of nitrogens with two attached hydrogens (primary N) is 1. The lowest BCUT2D eigenvalue weighted by Crippen LogP contribution is -2.43. The molecule has 1 atom stereocenters. The molecule has 5 nitrogen and oxygen atoms in total. The van der Waals surface area contributed by atoms with Gasteiger partial charge < -0.3 is 15.7 Å². The molecule has 1 aromatic heterocycles. The third-order valence-electron chi connectivity index (χ3n) is 3.11. The molecule has 2 rings (SSSR count). The van der Waals surface area contributed by atoms with Crippen molar-refractivity contribution in [2.45, 2.75) is 25.3 Å². The fraction of sp³-hybridized carbons (Fsp3) is 0.500. The number of nitrogens with zero attached hydrogens (tertiary/aromatic N) is 1. The molecule has 0 aliphatic carbocycles. The first-order valence-corrected chi connectivity index (χ1v) is 6.81. The molecule has 0 spiro atoms. The first kappa shape index (κ1) is 13.0. The van der Waals surface area contributed by atoms with Gasteiger partial charge in [0.05, 0.1) is 0 Å². The van der Waals surface area contributed by atoms with Crippen molar-refractivity contribution in [1.29, 1.82) is 0 Å². The third-order valence-corrected chi connectivity index (χ3v) is 4.11. The van der Waals surface area contributed by atoms with Crippen molar-refractivity contribution in [2.75, 3.05) is 13.1 Å². The van der Waals surface area contributed by atoms with E-state index in [1.165, 1.54) is 4.90 Å². The summed E-state index contributed by atoms with van der Waals surface area (Å²) in [4.78, 5) is 25.9. The first-order chi connectivity index (χ1) is 8.65. The Kier molecular flexibility index (Phi) is 3.98. The minimum Gasteiger partial charge on any atom is -0.479 e. The molecule has 98 valence electrons. The van der Waals surface area contributed by atoms with E-state index < -0.39 is 12.0 Å². The Labute approximate surface area is 109 Å². The molecule has 0 saturated heterocycles. The molecular formula is C12H16N2O3S. The summed E-state index contributed by atoms with van der Waals surface area (Å²) in [5.41, 5.74) is 6.14. The predicted molar refractivity (Wildman–Crippen MR) is 68.4 cm³/mol. The quantitative estimate of drug-likeness (QED) is 0.853. The van der Waals surface area contributed by atoms with Gasteiger partial charge in [-0.3, -0.25) is 4.79 Å². The zero-order valence-electron chi connectivity index (χ0n) is 9.96. The highest BCUT2D eigenvalue weighted by Gasteiger charge is 2.36. The first-order valence-electron chi connectivity index (χ1n) is 5.93. The molecule has 18 heavy (non-hydrogen) atoms. The molecule has 0 saturated carbocycles. The smallest absolute Gasteiger partial charge is 0.331 e. The molecule has 1 aromatic rings. The lowest BCUT2D eigenvalue weighted by Gasteiger charge is -2.33. The third kappa shape index (κ3) is 2.39. The maximum atomic E-state index is 12.0. The molecular weight excluding hydrogens is 252 g/mol. The van der Waals surface area contributed by atoms with Gasteiger partial charge in [0.1, 0.15) is 0 Å². The van der Waals surface area contributed by atoms with Crippen LogP contribution in [0.2, 0.25) is 0 Å². The maximum absolute atomic E-state index is 12.0. The van der Waals surface area contributed by atoms with E-state index in [4.69, 9.17) is 5.73 Å².